The summed E-state index contributed by atoms with van der Waals surface area (Å²) >= 11 is 0. The molecular weight excluding hydrogens is 1070 g/mol. The lowest BCUT2D eigenvalue weighted by molar-refractivity contribution is 0.163. The van der Waals surface area contributed by atoms with E-state index in [0.29, 0.717) is 17.8 Å². The largest absolute Gasteiger partial charge is 0.310 e. The van der Waals surface area contributed by atoms with Gasteiger partial charge in [-0.2, -0.15) is 0 Å². The van der Waals surface area contributed by atoms with E-state index in [-0.39, 0.29) is 16.2 Å². The molecule has 0 aliphatic heterocycles. The van der Waals surface area contributed by atoms with Crippen LogP contribution in [0.5, 0.6) is 0 Å². The van der Waals surface area contributed by atoms with Gasteiger partial charge in [0.25, 0.3) is 0 Å². The second-order valence-electron chi connectivity index (χ2n) is 28.6. The Morgan fingerprint density at radius 2 is 0.708 bits per heavy atom. The minimum atomic E-state index is -0.504. The fraction of sp³-hybridized carbons (Fsp3) is 0.205. The Hall–Kier alpha value is -9.30. The van der Waals surface area contributed by atoms with Crippen molar-refractivity contribution in [3.05, 3.63) is 306 Å². The lowest BCUT2D eigenvalue weighted by atomic mass is 9.66. The zero-order chi connectivity index (χ0) is 61.1. The number of nitrogens with zero attached hydrogens (tertiary/aromatic N) is 1. The molecule has 12 aromatic rings. The molecule has 1 heteroatoms. The molecule has 0 N–H and O–H groups in total. The highest BCUT2D eigenvalue weighted by Crippen LogP contribution is 2.64. The third kappa shape index (κ3) is 9.17. The Bertz CT molecular complexity index is 4690. The predicted molar refractivity (Wildman–Crippen MR) is 379 cm³/mol. The van der Waals surface area contributed by atoms with E-state index < -0.39 is 5.41 Å². The van der Waals surface area contributed by atoms with Crippen LogP contribution in [-0.4, -0.2) is 0 Å². The fourth-order valence-electron chi connectivity index (χ4n) is 15.7. The molecule has 12 aromatic carbocycles. The maximum absolute atomic E-state index is 2.55. The molecule has 4 atom stereocenters. The van der Waals surface area contributed by atoms with E-state index in [1.54, 1.807) is 0 Å². The summed E-state index contributed by atoms with van der Waals surface area (Å²) in [6.45, 7) is 24.1. The smallest absolute Gasteiger partial charge is 0.0725 e. The van der Waals surface area contributed by atoms with Crippen molar-refractivity contribution in [3.63, 3.8) is 0 Å². The van der Waals surface area contributed by atoms with E-state index in [9.17, 15) is 0 Å². The third-order valence-electron chi connectivity index (χ3n) is 21.5. The number of hydrogen-bond acceptors (Lipinski definition) is 1. The number of rotatable bonds is 11. The van der Waals surface area contributed by atoms with Crippen LogP contribution < -0.4 is 4.90 Å². The molecule has 15 rings (SSSR count). The topological polar surface area (TPSA) is 3.24 Å². The van der Waals surface area contributed by atoms with Crippen LogP contribution in [0, 0.1) is 22.7 Å². The second kappa shape index (κ2) is 21.2. The van der Waals surface area contributed by atoms with E-state index >= 15 is 0 Å². The Labute approximate surface area is 528 Å². The Morgan fingerprint density at radius 3 is 1.28 bits per heavy atom. The van der Waals surface area contributed by atoms with Crippen LogP contribution in [0.3, 0.4) is 0 Å². The van der Waals surface area contributed by atoms with E-state index in [2.05, 4.69) is 341 Å². The molecule has 0 aromatic heterocycles. The molecule has 0 radical (unpaired) electrons. The molecule has 3 aliphatic carbocycles. The van der Waals surface area contributed by atoms with Crippen molar-refractivity contribution in [1.29, 1.82) is 0 Å². The first kappa shape index (κ1) is 56.2. The summed E-state index contributed by atoms with van der Waals surface area (Å²) in [6, 6.07) is 102. The average molecular weight is 1150 g/mol. The average Bonchev–Trinajstić information content (AvgIpc) is 1.52. The summed E-state index contributed by atoms with van der Waals surface area (Å²) in [5.41, 5.74) is 30.5. The van der Waals surface area contributed by atoms with Gasteiger partial charge in [0.05, 0.1) is 5.41 Å². The van der Waals surface area contributed by atoms with Crippen molar-refractivity contribution in [2.24, 2.45) is 22.7 Å². The lowest BCUT2D eigenvalue weighted by Gasteiger charge is -2.39. The molecule has 89 heavy (non-hydrogen) atoms. The summed E-state index contributed by atoms with van der Waals surface area (Å²) in [6.07, 6.45) is 1.17. The van der Waals surface area contributed by atoms with Gasteiger partial charge in [-0.15, -0.1) is 0 Å². The standard InChI is InChI=1S/C88H79N/c1-56(85(3,4)5)52-78(57(2)86(6,7)8)62-34-32-60(33-35-62)63-40-47-76-73-27-17-20-30-80(73)88(83(76)53-63)81-31-21-18-28-74(81)77-48-41-64(54-84(77)88)69-51-50-68(70-24-14-15-25-71(69)70)61-38-44-66(45-39-61)89(65-42-36-59(37-43-65)58-22-12-11-13-23-58)67-46-49-75-72-26-16-19-29-79(72)87(9,10)82(75)55-67/h11-51,53-57,78H,52H2,1-10H3. The highest BCUT2D eigenvalue weighted by Gasteiger charge is 2.52. The molecule has 1 nitrogen and oxygen atoms in total. The summed E-state index contributed by atoms with van der Waals surface area (Å²) in [4.78, 5) is 2.43. The molecule has 1 spiro atoms. The minimum Gasteiger partial charge on any atom is -0.310 e. The van der Waals surface area contributed by atoms with Gasteiger partial charge < -0.3 is 4.90 Å². The van der Waals surface area contributed by atoms with Gasteiger partial charge >= 0.3 is 0 Å². The molecular formula is C88H79N. The molecule has 0 saturated carbocycles. The monoisotopic (exact) mass is 1150 g/mol. The molecule has 4 unspecified atom stereocenters. The number of fused-ring (bicyclic) bond motifs is 14. The number of hydrogen-bond donors (Lipinski definition) is 0. The van der Waals surface area contributed by atoms with Gasteiger partial charge in [-0.05, 0) is 211 Å². The van der Waals surface area contributed by atoms with Crippen LogP contribution >= 0.6 is 0 Å². The maximum Gasteiger partial charge on any atom is 0.0725 e. The highest BCUT2D eigenvalue weighted by molar-refractivity contribution is 6.06. The van der Waals surface area contributed by atoms with Gasteiger partial charge in [0.2, 0.25) is 0 Å². The molecule has 0 heterocycles. The van der Waals surface area contributed by atoms with Crippen molar-refractivity contribution >= 4 is 27.8 Å². The third-order valence-corrected chi connectivity index (χ3v) is 21.5. The molecule has 0 fully saturated rings. The van der Waals surface area contributed by atoms with Crippen molar-refractivity contribution in [1.82, 2.24) is 0 Å². The predicted octanol–water partition coefficient (Wildman–Crippen LogP) is 24.5. The highest BCUT2D eigenvalue weighted by atomic mass is 15.1. The Kier molecular flexibility index (Phi) is 13.4. The SMILES string of the molecule is CC(CC(c1ccc(-c2ccc3c(c2)C2(c4ccccc4-3)c3ccccc3-c3ccc(-c4ccc(-c5ccc(N(c6ccc(-c7ccccc7)cc6)c6ccc7c(c6)C(C)(C)c6ccccc6-7)cc5)c5ccccc45)cc32)cc1)C(C)C(C)(C)C)C(C)(C)C. The summed E-state index contributed by atoms with van der Waals surface area (Å²) in [5, 5.41) is 2.48. The van der Waals surface area contributed by atoms with Gasteiger partial charge in [-0.25, -0.2) is 0 Å². The Morgan fingerprint density at radius 1 is 0.315 bits per heavy atom. The summed E-state index contributed by atoms with van der Waals surface area (Å²) < 4.78 is 0. The zero-order valence-electron chi connectivity index (χ0n) is 53.3. The van der Waals surface area contributed by atoms with Gasteiger partial charge in [0.15, 0.2) is 0 Å². The van der Waals surface area contributed by atoms with Crippen molar-refractivity contribution in [2.75, 3.05) is 4.90 Å². The maximum atomic E-state index is 2.55. The quantitative estimate of drug-likeness (QED) is 0.125. The van der Waals surface area contributed by atoms with Gasteiger partial charge in [0.1, 0.15) is 0 Å². The van der Waals surface area contributed by atoms with Crippen LogP contribution in [-0.2, 0) is 10.8 Å². The van der Waals surface area contributed by atoms with Crippen LogP contribution in [0.25, 0.3) is 88.7 Å². The van der Waals surface area contributed by atoms with Crippen LogP contribution in [0.2, 0.25) is 0 Å². The van der Waals surface area contributed by atoms with Crippen LogP contribution in [0.4, 0.5) is 17.1 Å². The lowest BCUT2D eigenvalue weighted by Crippen LogP contribution is -2.28. The fourth-order valence-corrected chi connectivity index (χ4v) is 15.7. The van der Waals surface area contributed by atoms with Crippen LogP contribution in [0.1, 0.15) is 121 Å². The van der Waals surface area contributed by atoms with Crippen LogP contribution in [0.15, 0.2) is 267 Å². The second-order valence-corrected chi connectivity index (χ2v) is 28.6. The molecule has 0 amide bonds. The first-order valence-electron chi connectivity index (χ1n) is 32.4. The van der Waals surface area contributed by atoms with E-state index in [1.807, 2.05) is 0 Å². The summed E-state index contributed by atoms with van der Waals surface area (Å²) in [5.74, 6) is 1.59. The van der Waals surface area contributed by atoms with Crippen molar-refractivity contribution in [2.45, 2.75) is 92.4 Å². The summed E-state index contributed by atoms with van der Waals surface area (Å²) in [7, 11) is 0. The van der Waals surface area contributed by atoms with E-state index in [0.717, 1.165) is 17.1 Å². The van der Waals surface area contributed by atoms with E-state index in [4.69, 9.17) is 0 Å². The van der Waals surface area contributed by atoms with Crippen molar-refractivity contribution in [3.8, 4) is 77.9 Å². The molecule has 3 aliphatic rings. The van der Waals surface area contributed by atoms with E-state index in [1.165, 1.54) is 134 Å². The first-order chi connectivity index (χ1) is 43.0. The molecule has 0 bridgehead atoms. The van der Waals surface area contributed by atoms with Gasteiger partial charge in [-0.3, -0.25) is 0 Å². The molecule has 436 valence electrons. The number of anilines is 3. The van der Waals surface area contributed by atoms with Gasteiger partial charge in [-0.1, -0.05) is 288 Å². The molecule has 0 saturated heterocycles. The number of benzene rings is 12. The first-order valence-corrected chi connectivity index (χ1v) is 32.4. The van der Waals surface area contributed by atoms with Crippen molar-refractivity contribution < 1.29 is 0 Å². The minimum absolute atomic E-state index is 0.125. The van der Waals surface area contributed by atoms with Gasteiger partial charge in [0, 0.05) is 22.5 Å². The zero-order valence-corrected chi connectivity index (χ0v) is 53.3. The normalized spacial score (nSPS) is 16.0. The Balaban J connectivity index is 0.807.